The summed E-state index contributed by atoms with van der Waals surface area (Å²) in [5.41, 5.74) is 5.75. The molecule has 1 saturated heterocycles. The monoisotopic (exact) mass is 313 g/mol. The minimum atomic E-state index is -1.59. The topological polar surface area (TPSA) is 142 Å². The van der Waals surface area contributed by atoms with E-state index in [1.54, 1.807) is 30.3 Å². The van der Waals surface area contributed by atoms with Crippen LogP contribution in [0, 0.1) is 0 Å². The molecule has 0 aromatic heterocycles. The zero-order valence-electron chi connectivity index (χ0n) is 11.6. The van der Waals surface area contributed by atoms with Crippen molar-refractivity contribution in [2.24, 2.45) is 5.73 Å². The molecule has 8 nitrogen and oxygen atoms in total. The number of primary amides is 1. The number of amides is 1. The van der Waals surface area contributed by atoms with E-state index in [1.807, 2.05) is 0 Å². The first kappa shape index (κ1) is 16.8. The first-order chi connectivity index (χ1) is 10.5. The average Bonchev–Trinajstić information content (AvgIpc) is 2.52. The Morgan fingerprint density at radius 1 is 1.18 bits per heavy atom. The van der Waals surface area contributed by atoms with E-state index in [9.17, 15) is 20.1 Å². The number of hydrogen-bond donors (Lipinski definition) is 5. The van der Waals surface area contributed by atoms with Gasteiger partial charge in [-0.15, -0.1) is 0 Å². The number of nitrogens with two attached hydrogens (primary N) is 1. The van der Waals surface area contributed by atoms with Crippen molar-refractivity contribution in [2.75, 3.05) is 6.61 Å². The fraction of sp³-hybridized carbons (Fsp3) is 0.500. The fourth-order valence-corrected chi connectivity index (χ4v) is 2.25. The third-order valence-electron chi connectivity index (χ3n) is 3.48. The number of carbonyl (C=O) groups excluding carboxylic acids is 1. The fourth-order valence-electron chi connectivity index (χ4n) is 2.25. The Morgan fingerprint density at radius 2 is 1.82 bits per heavy atom. The molecule has 1 aromatic carbocycles. The van der Waals surface area contributed by atoms with Crippen LogP contribution >= 0.6 is 0 Å². The molecule has 2 rings (SSSR count). The third-order valence-corrected chi connectivity index (χ3v) is 3.48. The second-order valence-corrected chi connectivity index (χ2v) is 5.03. The molecular weight excluding hydrogens is 294 g/mol. The lowest BCUT2D eigenvalue weighted by atomic mass is 9.99. The first-order valence-corrected chi connectivity index (χ1v) is 6.76. The van der Waals surface area contributed by atoms with Crippen LogP contribution in [0.1, 0.15) is 11.7 Å². The highest BCUT2D eigenvalue weighted by Gasteiger charge is 2.45. The van der Waals surface area contributed by atoms with Crippen molar-refractivity contribution in [2.45, 2.75) is 36.8 Å². The van der Waals surface area contributed by atoms with E-state index >= 15 is 0 Å². The largest absolute Gasteiger partial charge is 0.394 e. The molecule has 1 amide bonds. The second-order valence-electron chi connectivity index (χ2n) is 5.03. The van der Waals surface area contributed by atoms with Crippen molar-refractivity contribution in [1.82, 2.24) is 0 Å². The third kappa shape index (κ3) is 3.43. The van der Waals surface area contributed by atoms with E-state index in [0.29, 0.717) is 5.56 Å². The van der Waals surface area contributed by atoms with Gasteiger partial charge in [0, 0.05) is 0 Å². The van der Waals surface area contributed by atoms with Crippen LogP contribution in [0.15, 0.2) is 30.3 Å². The number of rotatable bonds is 5. The Morgan fingerprint density at radius 3 is 2.36 bits per heavy atom. The summed E-state index contributed by atoms with van der Waals surface area (Å²) in [6.45, 7) is -0.586. The van der Waals surface area contributed by atoms with Crippen LogP contribution in [-0.4, -0.2) is 63.6 Å². The quantitative estimate of drug-likeness (QED) is 0.424. The van der Waals surface area contributed by atoms with E-state index in [0.717, 1.165) is 0 Å². The molecule has 1 aliphatic heterocycles. The summed E-state index contributed by atoms with van der Waals surface area (Å²) in [6, 6.07) is 8.33. The van der Waals surface area contributed by atoms with Crippen LogP contribution in [0.4, 0.5) is 0 Å². The molecule has 0 spiro atoms. The molecular formula is C14H19NO7. The number of hydrogen-bond acceptors (Lipinski definition) is 7. The summed E-state index contributed by atoms with van der Waals surface area (Å²) in [6.07, 6.45) is -8.42. The predicted molar refractivity (Wildman–Crippen MR) is 73.2 cm³/mol. The maximum absolute atomic E-state index is 11.6. The molecule has 8 heteroatoms. The van der Waals surface area contributed by atoms with Crippen molar-refractivity contribution < 1.29 is 34.7 Å². The Kier molecular flexibility index (Phi) is 5.46. The van der Waals surface area contributed by atoms with Crippen LogP contribution in [0.2, 0.25) is 0 Å². The smallest absolute Gasteiger partial charge is 0.251 e. The van der Waals surface area contributed by atoms with Crippen molar-refractivity contribution in [1.29, 1.82) is 0 Å². The molecule has 0 aliphatic carbocycles. The van der Waals surface area contributed by atoms with E-state index in [1.165, 1.54) is 0 Å². The molecule has 1 fully saturated rings. The standard InChI is InChI=1S/C14H19NO7/c15-13(20)12(7-4-2-1-3-5-7)22-14-11(19)10(18)9(17)8(6-16)21-14/h1-5,8-12,14,16-19H,6H2,(H2,15,20). The second kappa shape index (κ2) is 7.14. The van der Waals surface area contributed by atoms with Crippen LogP contribution < -0.4 is 5.73 Å². The lowest BCUT2D eigenvalue weighted by Gasteiger charge is -2.40. The SMILES string of the molecule is NC(=O)C(OC1OC(CO)C(O)C(O)C1O)c1ccccc1. The zero-order chi connectivity index (χ0) is 16.3. The van der Waals surface area contributed by atoms with Gasteiger partial charge in [-0.25, -0.2) is 0 Å². The number of aliphatic hydroxyl groups excluding tert-OH is 4. The lowest BCUT2D eigenvalue weighted by molar-refractivity contribution is -0.309. The van der Waals surface area contributed by atoms with Crippen LogP contribution in [0.25, 0.3) is 0 Å². The molecule has 0 saturated carbocycles. The molecule has 6 N–H and O–H groups in total. The Labute approximate surface area is 126 Å². The molecule has 0 radical (unpaired) electrons. The van der Waals surface area contributed by atoms with Gasteiger partial charge < -0.3 is 35.6 Å². The molecule has 22 heavy (non-hydrogen) atoms. The summed E-state index contributed by atoms with van der Waals surface area (Å²) in [5, 5.41) is 38.4. The molecule has 1 aliphatic rings. The van der Waals surface area contributed by atoms with Crippen molar-refractivity contribution in [3.05, 3.63) is 35.9 Å². The maximum atomic E-state index is 11.6. The minimum absolute atomic E-state index is 0.451. The first-order valence-electron chi connectivity index (χ1n) is 6.76. The zero-order valence-corrected chi connectivity index (χ0v) is 11.6. The van der Waals surface area contributed by atoms with Gasteiger partial charge in [0.2, 0.25) is 0 Å². The van der Waals surface area contributed by atoms with Gasteiger partial charge in [0.05, 0.1) is 6.61 Å². The highest BCUT2D eigenvalue weighted by Crippen LogP contribution is 2.27. The maximum Gasteiger partial charge on any atom is 0.251 e. The van der Waals surface area contributed by atoms with Gasteiger partial charge in [0.1, 0.15) is 24.4 Å². The van der Waals surface area contributed by atoms with E-state index in [-0.39, 0.29) is 0 Å². The number of aliphatic hydroxyl groups is 4. The van der Waals surface area contributed by atoms with Gasteiger partial charge in [-0.1, -0.05) is 30.3 Å². The minimum Gasteiger partial charge on any atom is -0.394 e. The van der Waals surface area contributed by atoms with Crippen molar-refractivity contribution in [3.8, 4) is 0 Å². The number of benzene rings is 1. The lowest BCUT2D eigenvalue weighted by Crippen LogP contribution is -2.59. The Bertz CT molecular complexity index is 495. The average molecular weight is 313 g/mol. The van der Waals surface area contributed by atoms with E-state index < -0.39 is 49.3 Å². The van der Waals surface area contributed by atoms with Gasteiger partial charge >= 0.3 is 0 Å². The number of carbonyl (C=O) groups is 1. The van der Waals surface area contributed by atoms with Gasteiger partial charge in [0.25, 0.3) is 5.91 Å². The molecule has 1 heterocycles. The highest BCUT2D eigenvalue weighted by atomic mass is 16.7. The van der Waals surface area contributed by atoms with Gasteiger partial charge in [0.15, 0.2) is 12.4 Å². The molecule has 6 atom stereocenters. The van der Waals surface area contributed by atoms with Crippen LogP contribution in [0.3, 0.4) is 0 Å². The molecule has 1 aromatic rings. The summed E-state index contributed by atoms with van der Waals surface area (Å²) in [7, 11) is 0. The van der Waals surface area contributed by atoms with Crippen molar-refractivity contribution >= 4 is 5.91 Å². The van der Waals surface area contributed by atoms with E-state index in [2.05, 4.69) is 0 Å². The van der Waals surface area contributed by atoms with Gasteiger partial charge in [-0.05, 0) is 5.56 Å². The van der Waals surface area contributed by atoms with Crippen LogP contribution in [-0.2, 0) is 14.3 Å². The molecule has 6 unspecified atom stereocenters. The highest BCUT2D eigenvalue weighted by molar-refractivity contribution is 5.80. The molecule has 0 bridgehead atoms. The molecule has 122 valence electrons. The number of ether oxygens (including phenoxy) is 2. The van der Waals surface area contributed by atoms with Gasteiger partial charge in [-0.2, -0.15) is 0 Å². The van der Waals surface area contributed by atoms with Gasteiger partial charge in [-0.3, -0.25) is 4.79 Å². The predicted octanol–water partition coefficient (Wildman–Crippen LogP) is -1.97. The summed E-state index contributed by atoms with van der Waals surface area (Å²) in [4.78, 5) is 11.6. The summed E-state index contributed by atoms with van der Waals surface area (Å²) >= 11 is 0. The van der Waals surface area contributed by atoms with Crippen molar-refractivity contribution in [3.63, 3.8) is 0 Å². The summed E-state index contributed by atoms with van der Waals surface area (Å²) < 4.78 is 10.6. The van der Waals surface area contributed by atoms with E-state index in [4.69, 9.17) is 20.3 Å². The van der Waals surface area contributed by atoms with Crippen LogP contribution in [0.5, 0.6) is 0 Å². The Hall–Kier alpha value is -1.55. The Balaban J connectivity index is 2.17. The normalized spacial score (nSPS) is 33.4. The summed E-state index contributed by atoms with van der Waals surface area (Å²) in [5.74, 6) is -0.803.